The molecule has 1 amide bonds. The summed E-state index contributed by atoms with van der Waals surface area (Å²) in [4.78, 5) is 21.1. The fourth-order valence-electron chi connectivity index (χ4n) is 2.95. The van der Waals surface area contributed by atoms with Crippen LogP contribution in [-0.2, 0) is 10.2 Å². The van der Waals surface area contributed by atoms with Gasteiger partial charge in [0.15, 0.2) is 6.61 Å². The first-order chi connectivity index (χ1) is 15.9. The van der Waals surface area contributed by atoms with Crippen LogP contribution >= 0.6 is 0 Å². The summed E-state index contributed by atoms with van der Waals surface area (Å²) in [5, 5.41) is 7.44. The van der Waals surface area contributed by atoms with Crippen LogP contribution in [0.3, 0.4) is 0 Å². The van der Waals surface area contributed by atoms with E-state index in [0.29, 0.717) is 23.3 Å². The molecule has 0 atom stereocenters. The van der Waals surface area contributed by atoms with Gasteiger partial charge in [0.2, 0.25) is 0 Å². The molecule has 0 radical (unpaired) electrons. The van der Waals surface area contributed by atoms with E-state index in [4.69, 9.17) is 9.47 Å². The zero-order valence-corrected chi connectivity index (χ0v) is 18.7. The third kappa shape index (κ3) is 5.74. The number of nitrogens with zero attached hydrogens (tertiary/aromatic N) is 4. The highest BCUT2D eigenvalue weighted by atomic mass is 16.5. The molecule has 2 aromatic heterocycles. The number of hydrogen-bond acceptors (Lipinski definition) is 6. The molecule has 0 fully saturated rings. The van der Waals surface area contributed by atoms with Crippen molar-refractivity contribution in [2.75, 3.05) is 11.9 Å². The Labute approximate surface area is 192 Å². The van der Waals surface area contributed by atoms with Crippen LogP contribution in [0.25, 0.3) is 5.95 Å². The average molecular weight is 444 g/mol. The largest absolute Gasteiger partial charge is 0.484 e. The minimum absolute atomic E-state index is 0.162. The van der Waals surface area contributed by atoms with E-state index in [1.165, 1.54) is 4.68 Å². The number of nitrogens with one attached hydrogen (secondary N) is 1. The topological polar surface area (TPSA) is 91.2 Å². The summed E-state index contributed by atoms with van der Waals surface area (Å²) in [6.07, 6.45) is 3.25. The van der Waals surface area contributed by atoms with Gasteiger partial charge in [-0.25, -0.2) is 9.97 Å². The molecule has 2 heterocycles. The Morgan fingerprint density at radius 2 is 1.55 bits per heavy atom. The van der Waals surface area contributed by atoms with Gasteiger partial charge in [-0.2, -0.15) is 9.78 Å². The van der Waals surface area contributed by atoms with E-state index < -0.39 is 0 Å². The minimum atomic E-state index is -0.322. The highest BCUT2D eigenvalue weighted by molar-refractivity contribution is 5.91. The number of rotatable bonds is 7. The molecule has 0 aliphatic carbocycles. The molecule has 4 aromatic rings. The Bertz CT molecular complexity index is 1200. The molecule has 0 spiro atoms. The van der Waals surface area contributed by atoms with Gasteiger partial charge < -0.3 is 14.8 Å². The minimum Gasteiger partial charge on any atom is -0.484 e. The maximum atomic E-state index is 12.6. The molecule has 0 bridgehead atoms. The highest BCUT2D eigenvalue weighted by Crippen LogP contribution is 2.26. The first-order valence-corrected chi connectivity index (χ1v) is 10.5. The van der Waals surface area contributed by atoms with E-state index in [1.54, 1.807) is 42.7 Å². The van der Waals surface area contributed by atoms with Crippen molar-refractivity contribution in [3.05, 3.63) is 84.8 Å². The maximum absolute atomic E-state index is 12.6. The molecule has 0 aliphatic rings. The van der Waals surface area contributed by atoms with Crippen LogP contribution in [0.2, 0.25) is 0 Å². The Hall–Kier alpha value is -4.20. The number of amides is 1. The van der Waals surface area contributed by atoms with E-state index in [2.05, 4.69) is 20.4 Å². The van der Waals surface area contributed by atoms with Crippen LogP contribution < -0.4 is 14.8 Å². The molecule has 4 rings (SSSR count). The molecule has 8 nitrogen and oxygen atoms in total. The van der Waals surface area contributed by atoms with Crippen molar-refractivity contribution in [2.45, 2.75) is 26.2 Å². The second-order valence-electron chi connectivity index (χ2n) is 8.35. The number of ether oxygens (including phenoxy) is 2. The molecule has 0 aliphatic heterocycles. The SMILES string of the molecule is CC(C)(C)c1cc(NC(=O)COc2ccc(Oc3ccccc3)cc2)n(-c2ncccn2)n1. The fourth-order valence-corrected chi connectivity index (χ4v) is 2.95. The van der Waals surface area contributed by atoms with Gasteiger partial charge in [-0.05, 0) is 42.5 Å². The van der Waals surface area contributed by atoms with Crippen LogP contribution in [-0.4, -0.2) is 32.3 Å². The quantitative estimate of drug-likeness (QED) is 0.442. The summed E-state index contributed by atoms with van der Waals surface area (Å²) in [5.74, 6) is 2.52. The van der Waals surface area contributed by atoms with E-state index >= 15 is 0 Å². The third-order valence-corrected chi connectivity index (χ3v) is 4.66. The predicted octanol–water partition coefficient (Wildman–Crippen LogP) is 4.77. The lowest BCUT2D eigenvalue weighted by Crippen LogP contribution is -2.22. The van der Waals surface area contributed by atoms with Crippen LogP contribution in [0.15, 0.2) is 79.1 Å². The van der Waals surface area contributed by atoms with Gasteiger partial charge >= 0.3 is 0 Å². The van der Waals surface area contributed by atoms with Gasteiger partial charge in [0, 0.05) is 23.9 Å². The number of benzene rings is 2. The highest BCUT2D eigenvalue weighted by Gasteiger charge is 2.22. The van der Waals surface area contributed by atoms with E-state index in [9.17, 15) is 4.79 Å². The Morgan fingerprint density at radius 3 is 2.21 bits per heavy atom. The van der Waals surface area contributed by atoms with Crippen molar-refractivity contribution in [1.29, 1.82) is 0 Å². The third-order valence-electron chi connectivity index (χ3n) is 4.66. The van der Waals surface area contributed by atoms with Gasteiger partial charge in [0.25, 0.3) is 11.9 Å². The molecule has 1 N–H and O–H groups in total. The number of para-hydroxylation sites is 1. The smallest absolute Gasteiger partial charge is 0.263 e. The van der Waals surface area contributed by atoms with E-state index in [0.717, 1.165) is 11.4 Å². The summed E-state index contributed by atoms with van der Waals surface area (Å²) in [6, 6.07) is 20.1. The zero-order valence-electron chi connectivity index (χ0n) is 18.7. The number of carbonyl (C=O) groups is 1. The van der Waals surface area contributed by atoms with Crippen molar-refractivity contribution < 1.29 is 14.3 Å². The molecule has 33 heavy (non-hydrogen) atoms. The summed E-state index contributed by atoms with van der Waals surface area (Å²) in [5.41, 5.74) is 0.597. The van der Waals surface area contributed by atoms with Gasteiger partial charge in [0.05, 0.1) is 5.69 Å². The standard InChI is InChI=1S/C25H25N5O3/c1-25(2,3)21-16-22(30(29-21)24-26-14-7-15-27-24)28-23(31)17-32-18-10-12-20(13-11-18)33-19-8-5-4-6-9-19/h4-16H,17H2,1-3H3,(H,28,31). The first kappa shape index (κ1) is 22.0. The summed E-state index contributed by atoms with van der Waals surface area (Å²) >= 11 is 0. The van der Waals surface area contributed by atoms with Gasteiger partial charge in [0.1, 0.15) is 23.1 Å². The molecule has 8 heteroatoms. The lowest BCUT2D eigenvalue weighted by molar-refractivity contribution is -0.118. The predicted molar refractivity (Wildman–Crippen MR) is 125 cm³/mol. The summed E-state index contributed by atoms with van der Waals surface area (Å²) < 4.78 is 12.9. The van der Waals surface area contributed by atoms with E-state index in [1.807, 2.05) is 57.2 Å². The monoisotopic (exact) mass is 443 g/mol. The Balaban J connectivity index is 1.40. The number of carbonyl (C=O) groups excluding carboxylic acids is 1. The van der Waals surface area contributed by atoms with Crippen molar-refractivity contribution in [2.24, 2.45) is 0 Å². The van der Waals surface area contributed by atoms with Gasteiger partial charge in [-0.15, -0.1) is 0 Å². The van der Waals surface area contributed by atoms with Crippen LogP contribution in [0.5, 0.6) is 17.2 Å². The van der Waals surface area contributed by atoms with Crippen LogP contribution in [0.1, 0.15) is 26.5 Å². The van der Waals surface area contributed by atoms with Crippen molar-refractivity contribution >= 4 is 11.7 Å². The second kappa shape index (κ2) is 9.52. The summed E-state index contributed by atoms with van der Waals surface area (Å²) in [7, 11) is 0. The maximum Gasteiger partial charge on any atom is 0.263 e. The molecule has 0 unspecified atom stereocenters. The Kier molecular flexibility index (Phi) is 6.35. The second-order valence-corrected chi connectivity index (χ2v) is 8.35. The van der Waals surface area contributed by atoms with Crippen molar-refractivity contribution in [3.63, 3.8) is 0 Å². The number of hydrogen-bond donors (Lipinski definition) is 1. The molecule has 0 saturated carbocycles. The average Bonchev–Trinajstić information content (AvgIpc) is 3.24. The normalized spacial score (nSPS) is 11.1. The fraction of sp³-hybridized carbons (Fsp3) is 0.200. The van der Waals surface area contributed by atoms with Crippen LogP contribution in [0, 0.1) is 0 Å². The molecular weight excluding hydrogens is 418 g/mol. The first-order valence-electron chi connectivity index (χ1n) is 10.5. The van der Waals surface area contributed by atoms with Crippen LogP contribution in [0.4, 0.5) is 5.82 Å². The lowest BCUT2D eigenvalue weighted by atomic mass is 9.92. The lowest BCUT2D eigenvalue weighted by Gasteiger charge is -2.13. The van der Waals surface area contributed by atoms with E-state index in [-0.39, 0.29) is 17.9 Å². The zero-order chi connectivity index (χ0) is 23.3. The molecule has 2 aromatic carbocycles. The number of anilines is 1. The van der Waals surface area contributed by atoms with Crippen molar-refractivity contribution in [1.82, 2.24) is 19.7 Å². The number of aromatic nitrogens is 4. The van der Waals surface area contributed by atoms with Gasteiger partial charge in [-0.1, -0.05) is 39.0 Å². The molecular formula is C25H25N5O3. The van der Waals surface area contributed by atoms with Gasteiger partial charge in [-0.3, -0.25) is 4.79 Å². The van der Waals surface area contributed by atoms with Crippen molar-refractivity contribution in [3.8, 4) is 23.2 Å². The molecule has 168 valence electrons. The summed E-state index contributed by atoms with van der Waals surface area (Å²) in [6.45, 7) is 5.98. The molecule has 0 saturated heterocycles. The Morgan fingerprint density at radius 1 is 0.909 bits per heavy atom.